The van der Waals surface area contributed by atoms with E-state index < -0.39 is 40.1 Å². The first-order valence-corrected chi connectivity index (χ1v) is 8.08. The number of carbonyl (C=O) groups is 2. The summed E-state index contributed by atoms with van der Waals surface area (Å²) in [4.78, 5) is 45.9. The highest BCUT2D eigenvalue weighted by molar-refractivity contribution is 5.93. The lowest BCUT2D eigenvalue weighted by atomic mass is 9.87. The number of nitrogens with one attached hydrogen (secondary N) is 1. The van der Waals surface area contributed by atoms with E-state index in [1.54, 1.807) is 12.1 Å². The number of hydrogen-bond donors (Lipinski definition) is 2. The summed E-state index contributed by atoms with van der Waals surface area (Å²) in [7, 11) is 0. The lowest BCUT2D eigenvalue weighted by Gasteiger charge is -2.19. The van der Waals surface area contributed by atoms with Gasteiger partial charge < -0.3 is 11.1 Å². The number of hydrogen-bond acceptors (Lipinski definition) is 5. The highest BCUT2D eigenvalue weighted by atomic mass is 16.6. The minimum atomic E-state index is -1.10. The van der Waals surface area contributed by atoms with Crippen molar-refractivity contribution in [3.05, 3.63) is 68.1 Å². The molecule has 0 saturated heterocycles. The van der Waals surface area contributed by atoms with E-state index in [1.807, 2.05) is 12.1 Å². The van der Waals surface area contributed by atoms with Gasteiger partial charge in [-0.1, -0.05) is 32.9 Å². The van der Waals surface area contributed by atoms with Crippen molar-refractivity contribution in [2.75, 3.05) is 5.32 Å². The van der Waals surface area contributed by atoms with Crippen molar-refractivity contribution in [3.63, 3.8) is 0 Å². The fourth-order valence-corrected chi connectivity index (χ4v) is 2.42. The zero-order valence-corrected chi connectivity index (χ0v) is 15.2. The van der Waals surface area contributed by atoms with Crippen LogP contribution in [0.4, 0.5) is 11.4 Å². The number of primary amides is 1. The Hall–Kier alpha value is -3.49. The Bertz CT molecular complexity index is 955. The molecule has 2 aromatic rings. The van der Waals surface area contributed by atoms with Crippen LogP contribution in [0.1, 0.15) is 36.7 Å². The molecule has 0 bridgehead atoms. The van der Waals surface area contributed by atoms with Gasteiger partial charge in [0.25, 0.3) is 17.2 Å². The number of nitro groups is 1. The van der Waals surface area contributed by atoms with E-state index in [-0.39, 0.29) is 5.41 Å². The Morgan fingerprint density at radius 1 is 1.22 bits per heavy atom. The zero-order valence-electron chi connectivity index (χ0n) is 15.2. The number of anilines is 1. The van der Waals surface area contributed by atoms with Gasteiger partial charge in [-0.3, -0.25) is 29.1 Å². The van der Waals surface area contributed by atoms with Crippen LogP contribution < -0.4 is 16.6 Å². The molecule has 0 atom stereocenters. The maximum absolute atomic E-state index is 12.2. The molecule has 1 aromatic heterocycles. The van der Waals surface area contributed by atoms with Crippen LogP contribution in [0.15, 0.2) is 41.3 Å². The van der Waals surface area contributed by atoms with E-state index in [2.05, 4.69) is 26.1 Å². The summed E-state index contributed by atoms with van der Waals surface area (Å²) in [6.07, 6.45) is 0.900. The third-order valence-electron chi connectivity index (χ3n) is 3.90. The van der Waals surface area contributed by atoms with Gasteiger partial charge in [-0.2, -0.15) is 0 Å². The van der Waals surface area contributed by atoms with Crippen molar-refractivity contribution in [2.45, 2.75) is 32.7 Å². The fourth-order valence-electron chi connectivity index (χ4n) is 2.42. The molecule has 9 heteroatoms. The average Bonchev–Trinajstić information content (AvgIpc) is 2.55. The average molecular weight is 372 g/mol. The number of rotatable bonds is 5. The molecule has 0 aliphatic rings. The van der Waals surface area contributed by atoms with Crippen molar-refractivity contribution in [1.29, 1.82) is 0 Å². The van der Waals surface area contributed by atoms with E-state index in [0.717, 1.165) is 22.4 Å². The molecular weight excluding hydrogens is 352 g/mol. The monoisotopic (exact) mass is 372 g/mol. The first-order chi connectivity index (χ1) is 12.5. The van der Waals surface area contributed by atoms with Gasteiger partial charge in [0.05, 0.1) is 11.1 Å². The Labute approximate surface area is 155 Å². The van der Waals surface area contributed by atoms with Crippen molar-refractivity contribution in [2.24, 2.45) is 5.73 Å². The van der Waals surface area contributed by atoms with Crippen LogP contribution in [0, 0.1) is 10.1 Å². The van der Waals surface area contributed by atoms with Crippen LogP contribution in [0.2, 0.25) is 0 Å². The SMILES string of the molecule is CC(C)(C)c1ccc(NC(=O)Cn2cc([N+](=O)[O-])cc(C(N)=O)c2=O)cc1. The predicted octanol–water partition coefficient (Wildman–Crippen LogP) is 1.79. The molecule has 0 spiro atoms. The fraction of sp³-hybridized carbons (Fsp3) is 0.278. The van der Waals surface area contributed by atoms with E-state index >= 15 is 0 Å². The topological polar surface area (TPSA) is 137 Å². The number of benzene rings is 1. The third kappa shape index (κ3) is 4.78. The molecule has 0 radical (unpaired) electrons. The van der Waals surface area contributed by atoms with Gasteiger partial charge in [0.15, 0.2) is 0 Å². The summed E-state index contributed by atoms with van der Waals surface area (Å²) >= 11 is 0. The van der Waals surface area contributed by atoms with Crippen LogP contribution in [0.5, 0.6) is 0 Å². The quantitative estimate of drug-likeness (QED) is 0.609. The number of aromatic nitrogens is 1. The molecule has 1 heterocycles. The molecule has 2 rings (SSSR count). The molecule has 3 N–H and O–H groups in total. The Kier molecular flexibility index (Phi) is 5.44. The van der Waals surface area contributed by atoms with Crippen LogP contribution in [0.3, 0.4) is 0 Å². The maximum Gasteiger partial charge on any atom is 0.286 e. The van der Waals surface area contributed by atoms with Crippen molar-refractivity contribution in [1.82, 2.24) is 4.57 Å². The number of carbonyl (C=O) groups excluding carboxylic acids is 2. The van der Waals surface area contributed by atoms with Crippen LogP contribution in [0.25, 0.3) is 0 Å². The molecule has 0 aliphatic heterocycles. The number of amides is 2. The highest BCUT2D eigenvalue weighted by Crippen LogP contribution is 2.23. The standard InChI is InChI=1S/C18H20N4O5/c1-18(2,3)11-4-6-12(7-5-11)20-15(23)10-21-9-13(22(26)27)8-14(16(19)24)17(21)25/h4-9H,10H2,1-3H3,(H2,19,24)(H,20,23). The van der Waals surface area contributed by atoms with Gasteiger partial charge in [-0.15, -0.1) is 0 Å². The van der Waals surface area contributed by atoms with Crippen molar-refractivity contribution < 1.29 is 14.5 Å². The molecule has 27 heavy (non-hydrogen) atoms. The van der Waals surface area contributed by atoms with Gasteiger partial charge in [0.1, 0.15) is 12.1 Å². The van der Waals surface area contributed by atoms with Crippen LogP contribution in [-0.2, 0) is 16.8 Å². The van der Waals surface area contributed by atoms with Gasteiger partial charge in [0, 0.05) is 11.8 Å². The van der Waals surface area contributed by atoms with E-state index in [0.29, 0.717) is 5.69 Å². The molecular formula is C18H20N4O5. The zero-order chi connectivity index (χ0) is 20.4. The third-order valence-corrected chi connectivity index (χ3v) is 3.90. The summed E-state index contributed by atoms with van der Waals surface area (Å²) in [5, 5.41) is 13.6. The Balaban J connectivity index is 2.24. The first kappa shape index (κ1) is 19.8. The molecule has 2 amide bonds. The molecule has 9 nitrogen and oxygen atoms in total. The van der Waals surface area contributed by atoms with Crippen LogP contribution >= 0.6 is 0 Å². The largest absolute Gasteiger partial charge is 0.365 e. The highest BCUT2D eigenvalue weighted by Gasteiger charge is 2.19. The second kappa shape index (κ2) is 7.40. The molecule has 1 aromatic carbocycles. The van der Waals surface area contributed by atoms with Crippen LogP contribution in [-0.4, -0.2) is 21.3 Å². The molecule has 0 fully saturated rings. The lowest BCUT2D eigenvalue weighted by molar-refractivity contribution is -0.385. The number of nitrogens with zero attached hydrogens (tertiary/aromatic N) is 2. The summed E-state index contributed by atoms with van der Waals surface area (Å²) in [5.41, 5.74) is 4.72. The number of pyridine rings is 1. The van der Waals surface area contributed by atoms with E-state index in [1.165, 1.54) is 0 Å². The smallest absolute Gasteiger partial charge is 0.286 e. The Morgan fingerprint density at radius 3 is 2.30 bits per heavy atom. The van der Waals surface area contributed by atoms with Gasteiger partial charge in [0.2, 0.25) is 5.91 Å². The van der Waals surface area contributed by atoms with Gasteiger partial charge in [-0.05, 0) is 23.1 Å². The van der Waals surface area contributed by atoms with Gasteiger partial charge >= 0.3 is 0 Å². The summed E-state index contributed by atoms with van der Waals surface area (Å²) in [6.45, 7) is 5.69. The van der Waals surface area contributed by atoms with E-state index in [4.69, 9.17) is 5.73 Å². The minimum absolute atomic E-state index is 0.0377. The molecule has 0 saturated carbocycles. The first-order valence-electron chi connectivity index (χ1n) is 8.08. The molecule has 142 valence electrons. The minimum Gasteiger partial charge on any atom is -0.365 e. The normalized spacial score (nSPS) is 11.1. The molecule has 0 aliphatic carbocycles. The van der Waals surface area contributed by atoms with Gasteiger partial charge in [-0.25, -0.2) is 0 Å². The molecule has 0 unspecified atom stereocenters. The predicted molar refractivity (Wildman–Crippen MR) is 99.6 cm³/mol. The second-order valence-electron chi connectivity index (χ2n) is 7.04. The van der Waals surface area contributed by atoms with Crippen molar-refractivity contribution >= 4 is 23.2 Å². The van der Waals surface area contributed by atoms with E-state index in [9.17, 15) is 24.5 Å². The number of nitrogens with two attached hydrogens (primary N) is 1. The maximum atomic E-state index is 12.2. The lowest BCUT2D eigenvalue weighted by Crippen LogP contribution is -2.33. The summed E-state index contributed by atoms with van der Waals surface area (Å²) < 4.78 is 0.789. The second-order valence-corrected chi connectivity index (χ2v) is 7.04. The van der Waals surface area contributed by atoms with Crippen molar-refractivity contribution in [3.8, 4) is 0 Å². The summed E-state index contributed by atoms with van der Waals surface area (Å²) in [6, 6.07) is 8.00. The summed E-state index contributed by atoms with van der Waals surface area (Å²) in [5.74, 6) is -1.67. The Morgan fingerprint density at radius 2 is 1.81 bits per heavy atom.